The number of nitrogens with zero attached hydrogens (tertiary/aromatic N) is 1. The van der Waals surface area contributed by atoms with Gasteiger partial charge in [0.1, 0.15) is 6.42 Å². The molecule has 0 aliphatic carbocycles. The van der Waals surface area contributed by atoms with E-state index in [4.69, 9.17) is 11.6 Å². The summed E-state index contributed by atoms with van der Waals surface area (Å²) in [4.78, 5) is 26.3. The number of hydrogen-bond donors (Lipinski definition) is 2. The van der Waals surface area contributed by atoms with Gasteiger partial charge in [0.25, 0.3) is 0 Å². The number of hydrogen-bond acceptors (Lipinski definition) is 3. The van der Waals surface area contributed by atoms with Gasteiger partial charge >= 0.3 is 0 Å². The van der Waals surface area contributed by atoms with Crippen LogP contribution < -0.4 is 15.5 Å². The lowest BCUT2D eigenvalue weighted by molar-refractivity contribution is -0.126. The van der Waals surface area contributed by atoms with Crippen molar-refractivity contribution in [2.75, 3.05) is 23.3 Å². The van der Waals surface area contributed by atoms with Crippen LogP contribution >= 0.6 is 11.6 Å². The highest BCUT2D eigenvalue weighted by atomic mass is 35.5. The SMILES string of the molecule is O=C(CC(=O)Nc1ccc(N2CCCC2)cc1)NCc1ccccc1Cl. The molecule has 5 nitrogen and oxygen atoms in total. The van der Waals surface area contributed by atoms with Crippen LogP contribution in [0.15, 0.2) is 48.5 Å². The molecule has 1 saturated heterocycles. The van der Waals surface area contributed by atoms with E-state index in [1.54, 1.807) is 6.07 Å². The van der Waals surface area contributed by atoms with Crippen LogP contribution in [0.4, 0.5) is 11.4 Å². The highest BCUT2D eigenvalue weighted by Crippen LogP contribution is 2.22. The van der Waals surface area contributed by atoms with Gasteiger partial charge in [-0.2, -0.15) is 0 Å². The Morgan fingerprint density at radius 1 is 0.962 bits per heavy atom. The molecule has 26 heavy (non-hydrogen) atoms. The fraction of sp³-hybridized carbons (Fsp3) is 0.300. The van der Waals surface area contributed by atoms with Crippen LogP contribution in [0.3, 0.4) is 0 Å². The number of nitrogens with one attached hydrogen (secondary N) is 2. The van der Waals surface area contributed by atoms with Crippen LogP contribution in [-0.2, 0) is 16.1 Å². The zero-order chi connectivity index (χ0) is 18.4. The van der Waals surface area contributed by atoms with E-state index in [-0.39, 0.29) is 18.2 Å². The summed E-state index contributed by atoms with van der Waals surface area (Å²) in [5.74, 6) is -0.674. The first kappa shape index (κ1) is 18.3. The predicted molar refractivity (Wildman–Crippen MR) is 104 cm³/mol. The molecule has 3 rings (SSSR count). The maximum Gasteiger partial charge on any atom is 0.233 e. The van der Waals surface area contributed by atoms with Gasteiger partial charge in [0, 0.05) is 36.0 Å². The normalized spacial score (nSPS) is 13.5. The summed E-state index contributed by atoms with van der Waals surface area (Å²) in [6.45, 7) is 2.46. The maximum atomic E-state index is 12.0. The largest absolute Gasteiger partial charge is 0.372 e. The number of carbonyl (C=O) groups is 2. The van der Waals surface area contributed by atoms with E-state index in [0.717, 1.165) is 24.3 Å². The third kappa shape index (κ3) is 4.99. The maximum absolute atomic E-state index is 12.0. The Hall–Kier alpha value is -2.53. The Kier molecular flexibility index (Phi) is 6.12. The van der Waals surface area contributed by atoms with Gasteiger partial charge < -0.3 is 15.5 Å². The van der Waals surface area contributed by atoms with Crippen LogP contribution in [0.2, 0.25) is 5.02 Å². The molecule has 2 aromatic carbocycles. The lowest BCUT2D eigenvalue weighted by Crippen LogP contribution is -2.27. The van der Waals surface area contributed by atoms with Crippen molar-refractivity contribution < 1.29 is 9.59 Å². The second-order valence-electron chi connectivity index (χ2n) is 6.33. The van der Waals surface area contributed by atoms with Gasteiger partial charge in [-0.3, -0.25) is 9.59 Å². The summed E-state index contributed by atoms with van der Waals surface area (Å²) in [5, 5.41) is 6.06. The molecule has 0 atom stereocenters. The fourth-order valence-electron chi connectivity index (χ4n) is 2.98. The summed E-state index contributed by atoms with van der Waals surface area (Å²) in [7, 11) is 0. The third-order valence-corrected chi connectivity index (χ3v) is 4.75. The molecule has 0 radical (unpaired) electrons. The molecule has 0 saturated carbocycles. The fourth-order valence-corrected chi connectivity index (χ4v) is 3.18. The van der Waals surface area contributed by atoms with E-state index in [9.17, 15) is 9.59 Å². The molecule has 1 aliphatic rings. The van der Waals surface area contributed by atoms with E-state index in [1.807, 2.05) is 42.5 Å². The lowest BCUT2D eigenvalue weighted by Gasteiger charge is -2.17. The zero-order valence-corrected chi connectivity index (χ0v) is 15.3. The van der Waals surface area contributed by atoms with Crippen LogP contribution in [0, 0.1) is 0 Å². The predicted octanol–water partition coefficient (Wildman–Crippen LogP) is 3.59. The quantitative estimate of drug-likeness (QED) is 0.763. The van der Waals surface area contributed by atoms with Crippen molar-refractivity contribution in [3.63, 3.8) is 0 Å². The summed E-state index contributed by atoms with van der Waals surface area (Å²) in [6.07, 6.45) is 2.22. The first-order valence-electron chi connectivity index (χ1n) is 8.77. The van der Waals surface area contributed by atoms with Gasteiger partial charge in [-0.05, 0) is 48.7 Å². The van der Waals surface area contributed by atoms with Crippen LogP contribution in [0.5, 0.6) is 0 Å². The highest BCUT2D eigenvalue weighted by Gasteiger charge is 2.13. The highest BCUT2D eigenvalue weighted by molar-refractivity contribution is 6.31. The van der Waals surface area contributed by atoms with Gasteiger partial charge in [-0.15, -0.1) is 0 Å². The van der Waals surface area contributed by atoms with Gasteiger partial charge in [-0.25, -0.2) is 0 Å². The minimum Gasteiger partial charge on any atom is -0.372 e. The number of halogens is 1. The molecule has 2 amide bonds. The molecule has 0 aromatic heterocycles. The molecule has 1 fully saturated rings. The van der Waals surface area contributed by atoms with E-state index < -0.39 is 0 Å². The summed E-state index contributed by atoms with van der Waals surface area (Å²) < 4.78 is 0. The van der Waals surface area contributed by atoms with Gasteiger partial charge in [-0.1, -0.05) is 29.8 Å². The molecule has 0 unspecified atom stereocenters. The molecule has 6 heteroatoms. The van der Waals surface area contributed by atoms with Crippen LogP contribution in [-0.4, -0.2) is 24.9 Å². The number of benzene rings is 2. The standard InChI is InChI=1S/C20H22ClN3O2/c21-18-6-2-1-5-15(18)14-22-19(25)13-20(26)23-16-7-9-17(10-8-16)24-11-3-4-12-24/h1-2,5-10H,3-4,11-14H2,(H,22,25)(H,23,26). The number of amides is 2. The third-order valence-electron chi connectivity index (χ3n) is 4.38. The van der Waals surface area contributed by atoms with Gasteiger partial charge in [0.15, 0.2) is 0 Å². The van der Waals surface area contributed by atoms with Crippen molar-refractivity contribution >= 4 is 34.8 Å². The summed E-state index contributed by atoms with van der Waals surface area (Å²) in [5.41, 5.74) is 2.68. The van der Waals surface area contributed by atoms with E-state index in [1.165, 1.54) is 12.8 Å². The molecule has 0 spiro atoms. The Labute approximate surface area is 158 Å². The summed E-state index contributed by atoms with van der Waals surface area (Å²) >= 11 is 6.05. The molecule has 1 heterocycles. The molecular weight excluding hydrogens is 350 g/mol. The van der Waals surface area contributed by atoms with Crippen LogP contribution in [0.25, 0.3) is 0 Å². The number of anilines is 2. The van der Waals surface area contributed by atoms with Crippen molar-refractivity contribution in [3.05, 3.63) is 59.1 Å². The number of rotatable bonds is 6. The van der Waals surface area contributed by atoms with Crippen molar-refractivity contribution in [3.8, 4) is 0 Å². The zero-order valence-electron chi connectivity index (χ0n) is 14.5. The Bertz CT molecular complexity index is 771. The first-order valence-corrected chi connectivity index (χ1v) is 9.14. The second kappa shape index (κ2) is 8.72. The first-order chi connectivity index (χ1) is 12.6. The molecule has 0 bridgehead atoms. The lowest BCUT2D eigenvalue weighted by atomic mass is 10.2. The van der Waals surface area contributed by atoms with E-state index in [2.05, 4.69) is 15.5 Å². The van der Waals surface area contributed by atoms with E-state index >= 15 is 0 Å². The molecule has 136 valence electrons. The molecular formula is C20H22ClN3O2. The molecule has 2 N–H and O–H groups in total. The van der Waals surface area contributed by atoms with Crippen LogP contribution in [0.1, 0.15) is 24.8 Å². The Morgan fingerprint density at radius 3 is 2.35 bits per heavy atom. The topological polar surface area (TPSA) is 61.4 Å². The summed E-state index contributed by atoms with van der Waals surface area (Å²) in [6, 6.07) is 15.0. The average molecular weight is 372 g/mol. The Balaban J connectivity index is 1.45. The second-order valence-corrected chi connectivity index (χ2v) is 6.74. The average Bonchev–Trinajstić information content (AvgIpc) is 3.16. The van der Waals surface area contributed by atoms with Crippen molar-refractivity contribution in [1.82, 2.24) is 5.32 Å². The minimum absolute atomic E-state index is 0.224. The van der Waals surface area contributed by atoms with Gasteiger partial charge in [0.05, 0.1) is 0 Å². The van der Waals surface area contributed by atoms with Crippen molar-refractivity contribution in [2.24, 2.45) is 0 Å². The van der Waals surface area contributed by atoms with Gasteiger partial charge in [0.2, 0.25) is 11.8 Å². The van der Waals surface area contributed by atoms with E-state index in [0.29, 0.717) is 17.3 Å². The monoisotopic (exact) mass is 371 g/mol. The molecule has 1 aliphatic heterocycles. The molecule has 2 aromatic rings. The Morgan fingerprint density at radius 2 is 1.65 bits per heavy atom. The minimum atomic E-state index is -0.337. The smallest absolute Gasteiger partial charge is 0.233 e. The number of carbonyl (C=O) groups excluding carboxylic acids is 2. The van der Waals surface area contributed by atoms with Crippen molar-refractivity contribution in [1.29, 1.82) is 0 Å². The van der Waals surface area contributed by atoms with Crippen molar-refractivity contribution in [2.45, 2.75) is 25.8 Å².